The number of para-hydroxylation sites is 2. The standard InChI is InChI=1S/C26H26N2O6/c1-18-6-5-7-20(14-18)32-13-12-28-21-11-10-19(15-24(21)34-17-26(28)30)27-25(29)16-33-23-9-4-3-8-22(23)31-2/h3-11,14-15H,12-13,16-17H2,1-2H3,(H,27,29). The first-order chi connectivity index (χ1) is 16.5. The van der Waals surface area contributed by atoms with E-state index in [4.69, 9.17) is 18.9 Å². The highest BCUT2D eigenvalue weighted by atomic mass is 16.5. The zero-order valence-corrected chi connectivity index (χ0v) is 19.1. The fourth-order valence-corrected chi connectivity index (χ4v) is 3.57. The minimum atomic E-state index is -0.332. The Bertz CT molecular complexity index is 1180. The molecule has 0 fully saturated rings. The first kappa shape index (κ1) is 23.0. The van der Waals surface area contributed by atoms with E-state index in [9.17, 15) is 9.59 Å². The zero-order valence-electron chi connectivity index (χ0n) is 19.1. The summed E-state index contributed by atoms with van der Waals surface area (Å²) in [4.78, 5) is 26.4. The summed E-state index contributed by atoms with van der Waals surface area (Å²) in [6.45, 7) is 2.45. The Morgan fingerprint density at radius 3 is 2.65 bits per heavy atom. The fourth-order valence-electron chi connectivity index (χ4n) is 3.57. The first-order valence-corrected chi connectivity index (χ1v) is 10.9. The number of hydrogen-bond donors (Lipinski definition) is 1. The second-order valence-corrected chi connectivity index (χ2v) is 7.67. The first-order valence-electron chi connectivity index (χ1n) is 10.9. The van der Waals surface area contributed by atoms with Crippen LogP contribution in [-0.4, -0.2) is 45.3 Å². The normalized spacial score (nSPS) is 12.4. The molecule has 34 heavy (non-hydrogen) atoms. The van der Waals surface area contributed by atoms with Crippen molar-refractivity contribution in [2.24, 2.45) is 0 Å². The number of methoxy groups -OCH3 is 1. The topological polar surface area (TPSA) is 86.3 Å². The van der Waals surface area contributed by atoms with Crippen molar-refractivity contribution in [3.63, 3.8) is 0 Å². The molecule has 0 spiro atoms. The van der Waals surface area contributed by atoms with E-state index in [1.54, 1.807) is 41.3 Å². The maximum Gasteiger partial charge on any atom is 0.265 e. The minimum Gasteiger partial charge on any atom is -0.493 e. The Labute approximate surface area is 198 Å². The number of carbonyl (C=O) groups excluding carboxylic acids is 2. The number of hydrogen-bond acceptors (Lipinski definition) is 6. The van der Waals surface area contributed by atoms with Crippen molar-refractivity contribution in [2.45, 2.75) is 6.92 Å². The highest BCUT2D eigenvalue weighted by Gasteiger charge is 2.26. The van der Waals surface area contributed by atoms with E-state index in [2.05, 4.69) is 5.32 Å². The number of rotatable bonds is 9. The number of ether oxygens (including phenoxy) is 4. The third-order valence-corrected chi connectivity index (χ3v) is 5.19. The van der Waals surface area contributed by atoms with Gasteiger partial charge in [0.25, 0.3) is 11.8 Å². The van der Waals surface area contributed by atoms with Gasteiger partial charge in [-0.05, 0) is 48.9 Å². The molecule has 0 saturated carbocycles. The molecule has 0 saturated heterocycles. The van der Waals surface area contributed by atoms with Gasteiger partial charge in [-0.1, -0.05) is 24.3 Å². The highest BCUT2D eigenvalue weighted by molar-refractivity contribution is 5.99. The van der Waals surface area contributed by atoms with E-state index in [1.165, 1.54) is 7.11 Å². The summed E-state index contributed by atoms with van der Waals surface area (Å²) < 4.78 is 22.2. The quantitative estimate of drug-likeness (QED) is 0.520. The van der Waals surface area contributed by atoms with Gasteiger partial charge in [-0.15, -0.1) is 0 Å². The largest absolute Gasteiger partial charge is 0.493 e. The van der Waals surface area contributed by atoms with Crippen LogP contribution in [-0.2, 0) is 9.59 Å². The monoisotopic (exact) mass is 462 g/mol. The van der Waals surface area contributed by atoms with E-state index in [-0.39, 0.29) is 25.0 Å². The molecule has 0 radical (unpaired) electrons. The van der Waals surface area contributed by atoms with Crippen molar-refractivity contribution < 1.29 is 28.5 Å². The summed E-state index contributed by atoms with van der Waals surface area (Å²) in [5.74, 6) is 1.82. The van der Waals surface area contributed by atoms with E-state index < -0.39 is 0 Å². The predicted octanol–water partition coefficient (Wildman–Crippen LogP) is 3.83. The summed E-state index contributed by atoms with van der Waals surface area (Å²) in [5.41, 5.74) is 2.28. The fraction of sp³-hybridized carbons (Fsp3) is 0.231. The highest BCUT2D eigenvalue weighted by Crippen LogP contribution is 2.34. The van der Waals surface area contributed by atoms with Gasteiger partial charge in [0.15, 0.2) is 24.7 Å². The van der Waals surface area contributed by atoms with Gasteiger partial charge in [0.1, 0.15) is 18.1 Å². The molecule has 1 heterocycles. The molecule has 0 bridgehead atoms. The van der Waals surface area contributed by atoms with E-state index in [0.29, 0.717) is 41.8 Å². The van der Waals surface area contributed by atoms with Crippen molar-refractivity contribution >= 4 is 23.2 Å². The van der Waals surface area contributed by atoms with Crippen molar-refractivity contribution in [1.82, 2.24) is 0 Å². The number of nitrogens with one attached hydrogen (secondary N) is 1. The van der Waals surface area contributed by atoms with Crippen LogP contribution in [0.2, 0.25) is 0 Å². The molecule has 0 aromatic heterocycles. The van der Waals surface area contributed by atoms with Gasteiger partial charge >= 0.3 is 0 Å². The lowest BCUT2D eigenvalue weighted by Crippen LogP contribution is -2.41. The molecule has 1 N–H and O–H groups in total. The molecule has 0 unspecified atom stereocenters. The van der Waals surface area contributed by atoms with Crippen LogP contribution in [0.25, 0.3) is 0 Å². The van der Waals surface area contributed by atoms with Crippen molar-refractivity contribution in [3.05, 3.63) is 72.3 Å². The van der Waals surface area contributed by atoms with Gasteiger partial charge in [-0.3, -0.25) is 9.59 Å². The molecule has 3 aromatic carbocycles. The number of nitrogens with zero attached hydrogens (tertiary/aromatic N) is 1. The Kier molecular flexibility index (Phi) is 7.17. The number of carbonyl (C=O) groups is 2. The summed E-state index contributed by atoms with van der Waals surface area (Å²) in [6.07, 6.45) is 0. The second kappa shape index (κ2) is 10.6. The van der Waals surface area contributed by atoms with Crippen molar-refractivity contribution in [3.8, 4) is 23.0 Å². The Morgan fingerprint density at radius 2 is 1.85 bits per heavy atom. The molecule has 4 rings (SSSR count). The van der Waals surface area contributed by atoms with Gasteiger partial charge < -0.3 is 29.2 Å². The molecular weight excluding hydrogens is 436 g/mol. The molecule has 2 amide bonds. The summed E-state index contributed by atoms with van der Waals surface area (Å²) >= 11 is 0. The summed E-state index contributed by atoms with van der Waals surface area (Å²) in [7, 11) is 1.54. The molecule has 8 heteroatoms. The third kappa shape index (κ3) is 5.58. The molecule has 1 aliphatic heterocycles. The van der Waals surface area contributed by atoms with Crippen LogP contribution in [0, 0.1) is 6.92 Å². The van der Waals surface area contributed by atoms with Gasteiger partial charge in [0.2, 0.25) is 0 Å². The third-order valence-electron chi connectivity index (χ3n) is 5.19. The average Bonchev–Trinajstić information content (AvgIpc) is 2.84. The van der Waals surface area contributed by atoms with Crippen LogP contribution in [0.4, 0.5) is 11.4 Å². The molecule has 176 valence electrons. The predicted molar refractivity (Wildman–Crippen MR) is 128 cm³/mol. The van der Waals surface area contributed by atoms with Gasteiger partial charge in [0.05, 0.1) is 19.3 Å². The molecular formula is C26H26N2O6. The number of benzene rings is 3. The number of fused-ring (bicyclic) bond motifs is 1. The summed E-state index contributed by atoms with van der Waals surface area (Å²) in [5, 5.41) is 2.78. The van der Waals surface area contributed by atoms with E-state index in [1.807, 2.05) is 37.3 Å². The number of aryl methyl sites for hydroxylation is 1. The lowest BCUT2D eigenvalue weighted by molar-refractivity contribution is -0.121. The van der Waals surface area contributed by atoms with Crippen LogP contribution >= 0.6 is 0 Å². The zero-order chi connectivity index (χ0) is 23.9. The van der Waals surface area contributed by atoms with E-state index in [0.717, 1.165) is 11.3 Å². The lowest BCUT2D eigenvalue weighted by Gasteiger charge is -2.29. The maximum absolute atomic E-state index is 12.4. The van der Waals surface area contributed by atoms with Gasteiger partial charge in [-0.25, -0.2) is 0 Å². The Balaban J connectivity index is 1.36. The Hall–Kier alpha value is -4.20. The second-order valence-electron chi connectivity index (χ2n) is 7.67. The minimum absolute atomic E-state index is 0.0776. The van der Waals surface area contributed by atoms with Crippen molar-refractivity contribution in [1.29, 1.82) is 0 Å². The number of anilines is 2. The molecule has 3 aromatic rings. The molecule has 1 aliphatic rings. The van der Waals surface area contributed by atoms with Gasteiger partial charge in [0, 0.05) is 11.8 Å². The van der Waals surface area contributed by atoms with Gasteiger partial charge in [-0.2, -0.15) is 0 Å². The summed E-state index contributed by atoms with van der Waals surface area (Å²) in [6, 6.07) is 20.0. The van der Waals surface area contributed by atoms with Crippen LogP contribution < -0.4 is 29.2 Å². The van der Waals surface area contributed by atoms with Crippen molar-refractivity contribution in [2.75, 3.05) is 43.7 Å². The maximum atomic E-state index is 12.4. The molecule has 0 aliphatic carbocycles. The SMILES string of the molecule is COc1ccccc1OCC(=O)Nc1ccc2c(c1)OCC(=O)N2CCOc1cccc(C)c1. The van der Waals surface area contributed by atoms with Crippen LogP contribution in [0.1, 0.15) is 5.56 Å². The van der Waals surface area contributed by atoms with Crippen LogP contribution in [0.15, 0.2) is 66.7 Å². The lowest BCUT2D eigenvalue weighted by atomic mass is 10.2. The smallest absolute Gasteiger partial charge is 0.265 e. The average molecular weight is 463 g/mol. The molecule has 0 atom stereocenters. The van der Waals surface area contributed by atoms with Crippen LogP contribution in [0.3, 0.4) is 0 Å². The molecule has 8 nitrogen and oxygen atoms in total. The van der Waals surface area contributed by atoms with Crippen LogP contribution in [0.5, 0.6) is 23.0 Å². The Morgan fingerprint density at radius 1 is 1.03 bits per heavy atom. The van der Waals surface area contributed by atoms with E-state index >= 15 is 0 Å². The number of amides is 2.